The fraction of sp³-hybridized carbons (Fsp3) is 0.240. The number of hydrogen-bond acceptors (Lipinski definition) is 8. The molecular weight excluding hydrogens is 473 g/mol. The minimum atomic E-state index is -0.463. The predicted molar refractivity (Wildman–Crippen MR) is 126 cm³/mol. The van der Waals surface area contributed by atoms with Gasteiger partial charge >= 0.3 is 0 Å². The van der Waals surface area contributed by atoms with E-state index in [2.05, 4.69) is 5.10 Å². The number of hydrogen-bond donors (Lipinski definition) is 0. The van der Waals surface area contributed by atoms with Crippen LogP contribution in [0.15, 0.2) is 54.6 Å². The normalized spacial score (nSPS) is 12.6. The first kappa shape index (κ1) is 23.4. The minimum absolute atomic E-state index is 0.00588. The average molecular weight is 495 g/mol. The van der Waals surface area contributed by atoms with Crippen molar-refractivity contribution in [2.45, 2.75) is 19.8 Å². The van der Waals surface area contributed by atoms with Crippen LogP contribution in [0.25, 0.3) is 10.9 Å². The van der Waals surface area contributed by atoms with Crippen LogP contribution >= 0.6 is 0 Å². The van der Waals surface area contributed by atoms with E-state index in [1.807, 2.05) is 18.2 Å². The minimum Gasteiger partial charge on any atom is -0.497 e. The smallest absolute Gasteiger partial charge is 0.269 e. The summed E-state index contributed by atoms with van der Waals surface area (Å²) in [5.41, 5.74) is 1.97. The number of benzene rings is 3. The van der Waals surface area contributed by atoms with E-state index in [0.29, 0.717) is 40.8 Å². The first-order valence-corrected chi connectivity index (χ1v) is 11.1. The maximum absolute atomic E-state index is 14.1. The molecule has 0 radical (unpaired) electrons. The summed E-state index contributed by atoms with van der Waals surface area (Å²) in [6.07, 6.45) is 0. The Bertz CT molecular complexity index is 1410. The van der Waals surface area contributed by atoms with Gasteiger partial charge in [0.1, 0.15) is 36.3 Å². The molecule has 1 aliphatic rings. The summed E-state index contributed by atoms with van der Waals surface area (Å²) in [4.78, 5) is 10.4. The Hall–Kier alpha value is -4.38. The van der Waals surface area contributed by atoms with Crippen LogP contribution in [0.5, 0.6) is 23.1 Å². The molecule has 0 N–H and O–H groups in total. The lowest BCUT2D eigenvalue weighted by Crippen LogP contribution is -2.14. The molecule has 2 heterocycles. The van der Waals surface area contributed by atoms with E-state index >= 15 is 0 Å². The third-order valence-corrected chi connectivity index (χ3v) is 5.66. The van der Waals surface area contributed by atoms with Crippen LogP contribution in [0, 0.1) is 15.9 Å². The Morgan fingerprint density at radius 1 is 1.11 bits per heavy atom. The van der Waals surface area contributed by atoms with Gasteiger partial charge in [-0.2, -0.15) is 0 Å². The number of nitro benzene ring substituents is 1. The highest BCUT2D eigenvalue weighted by Gasteiger charge is 2.19. The van der Waals surface area contributed by atoms with E-state index in [0.717, 1.165) is 10.9 Å². The lowest BCUT2D eigenvalue weighted by molar-refractivity contribution is -0.384. The van der Waals surface area contributed by atoms with Gasteiger partial charge in [0.05, 0.1) is 36.1 Å². The number of halogens is 1. The van der Waals surface area contributed by atoms with Crippen LogP contribution in [-0.2, 0) is 24.5 Å². The van der Waals surface area contributed by atoms with Crippen LogP contribution < -0.4 is 18.9 Å². The van der Waals surface area contributed by atoms with E-state index in [4.69, 9.17) is 23.7 Å². The Kier molecular flexibility index (Phi) is 6.54. The quantitative estimate of drug-likeness (QED) is 0.245. The van der Waals surface area contributed by atoms with Crippen molar-refractivity contribution >= 4 is 16.6 Å². The SMILES string of the molecule is COc1ccc2c(c1)c(OCc1cc(F)cc3c1OCOC3)nn2CCOc1ccc([N+](=O)[O-])cc1. The predicted octanol–water partition coefficient (Wildman–Crippen LogP) is 4.62. The Labute approximate surface area is 204 Å². The molecule has 3 aromatic carbocycles. The third kappa shape index (κ3) is 4.86. The highest BCUT2D eigenvalue weighted by molar-refractivity contribution is 5.86. The molecule has 0 saturated carbocycles. The molecule has 1 aliphatic heterocycles. The van der Waals surface area contributed by atoms with Gasteiger partial charge in [0, 0.05) is 23.3 Å². The van der Waals surface area contributed by atoms with Crippen molar-refractivity contribution in [3.05, 3.63) is 81.7 Å². The highest BCUT2D eigenvalue weighted by Crippen LogP contribution is 2.33. The van der Waals surface area contributed by atoms with Gasteiger partial charge in [0.25, 0.3) is 5.69 Å². The molecule has 0 atom stereocenters. The Balaban J connectivity index is 1.35. The molecule has 0 amide bonds. The third-order valence-electron chi connectivity index (χ3n) is 5.66. The number of methoxy groups -OCH3 is 1. The second-order valence-corrected chi connectivity index (χ2v) is 7.96. The van der Waals surface area contributed by atoms with Crippen LogP contribution in [-0.4, -0.2) is 35.2 Å². The van der Waals surface area contributed by atoms with Gasteiger partial charge in [-0.05, 0) is 42.5 Å². The zero-order chi connectivity index (χ0) is 25.1. The van der Waals surface area contributed by atoms with Gasteiger partial charge in [-0.1, -0.05) is 0 Å². The first-order chi connectivity index (χ1) is 17.5. The summed E-state index contributed by atoms with van der Waals surface area (Å²) >= 11 is 0. The summed E-state index contributed by atoms with van der Waals surface area (Å²) in [5, 5.41) is 16.1. The van der Waals surface area contributed by atoms with Gasteiger partial charge in [-0.3, -0.25) is 14.8 Å². The molecule has 0 aliphatic carbocycles. The van der Waals surface area contributed by atoms with Crippen LogP contribution in [0.4, 0.5) is 10.1 Å². The maximum Gasteiger partial charge on any atom is 0.269 e. The number of rotatable bonds is 9. The standard InChI is InChI=1S/C25H22FN3O7/c1-32-21-6-7-23-22(12-21)25(35-14-17-11-18(26)10-16-13-33-15-36-24(16)17)27-28(23)8-9-34-20-4-2-19(3-5-20)29(30)31/h2-7,10-12H,8-9,13-15H2,1H3. The van der Waals surface area contributed by atoms with E-state index < -0.39 is 10.7 Å². The van der Waals surface area contributed by atoms with Crippen molar-refractivity contribution in [3.63, 3.8) is 0 Å². The van der Waals surface area contributed by atoms with E-state index in [1.54, 1.807) is 23.9 Å². The summed E-state index contributed by atoms with van der Waals surface area (Å²) in [6, 6.07) is 14.1. The lowest BCUT2D eigenvalue weighted by Gasteiger charge is -2.20. The van der Waals surface area contributed by atoms with Crippen molar-refractivity contribution in [2.75, 3.05) is 20.5 Å². The van der Waals surface area contributed by atoms with Crippen molar-refractivity contribution in [3.8, 4) is 23.1 Å². The summed E-state index contributed by atoms with van der Waals surface area (Å²) < 4.78 is 43.8. The molecule has 1 aromatic heterocycles. The number of non-ortho nitro benzene ring substituents is 1. The van der Waals surface area contributed by atoms with Crippen molar-refractivity contribution in [1.29, 1.82) is 0 Å². The van der Waals surface area contributed by atoms with E-state index in [9.17, 15) is 14.5 Å². The van der Waals surface area contributed by atoms with Crippen LogP contribution in [0.1, 0.15) is 11.1 Å². The zero-order valence-electron chi connectivity index (χ0n) is 19.3. The molecule has 0 fully saturated rings. The molecule has 36 heavy (non-hydrogen) atoms. The van der Waals surface area contributed by atoms with Crippen molar-refractivity contribution in [1.82, 2.24) is 9.78 Å². The second-order valence-electron chi connectivity index (χ2n) is 7.96. The van der Waals surface area contributed by atoms with E-state index in [-0.39, 0.29) is 32.3 Å². The topological polar surface area (TPSA) is 107 Å². The number of nitrogens with zero attached hydrogens (tertiary/aromatic N) is 3. The summed E-state index contributed by atoms with van der Waals surface area (Å²) in [5.74, 6) is 1.65. The average Bonchev–Trinajstić information content (AvgIpc) is 3.24. The van der Waals surface area contributed by atoms with Gasteiger partial charge in [0.2, 0.25) is 5.88 Å². The van der Waals surface area contributed by atoms with E-state index in [1.165, 1.54) is 24.3 Å². The molecule has 4 aromatic rings. The molecule has 11 heteroatoms. The molecule has 0 saturated heterocycles. The first-order valence-electron chi connectivity index (χ1n) is 11.1. The van der Waals surface area contributed by atoms with Crippen LogP contribution in [0.3, 0.4) is 0 Å². The van der Waals surface area contributed by atoms with Gasteiger partial charge in [-0.25, -0.2) is 4.39 Å². The number of fused-ring (bicyclic) bond motifs is 2. The van der Waals surface area contributed by atoms with Crippen molar-refractivity contribution in [2.24, 2.45) is 0 Å². The van der Waals surface area contributed by atoms with Gasteiger partial charge in [-0.15, -0.1) is 5.10 Å². The molecule has 186 valence electrons. The zero-order valence-corrected chi connectivity index (χ0v) is 19.3. The molecule has 0 bridgehead atoms. The summed E-state index contributed by atoms with van der Waals surface area (Å²) in [7, 11) is 1.57. The fourth-order valence-electron chi connectivity index (χ4n) is 3.96. The number of nitro groups is 1. The largest absolute Gasteiger partial charge is 0.497 e. The van der Waals surface area contributed by atoms with Crippen LogP contribution in [0.2, 0.25) is 0 Å². The molecule has 10 nitrogen and oxygen atoms in total. The summed E-state index contributed by atoms with van der Waals surface area (Å²) in [6.45, 7) is 1.06. The Morgan fingerprint density at radius 2 is 1.92 bits per heavy atom. The molecule has 5 rings (SSSR count). The second kappa shape index (κ2) is 10.1. The molecule has 0 unspecified atom stereocenters. The van der Waals surface area contributed by atoms with Crippen molar-refractivity contribution < 1.29 is 33.0 Å². The highest BCUT2D eigenvalue weighted by atomic mass is 19.1. The van der Waals surface area contributed by atoms with Gasteiger partial charge in [0.15, 0.2) is 6.79 Å². The number of aromatic nitrogens is 2. The van der Waals surface area contributed by atoms with Gasteiger partial charge < -0.3 is 23.7 Å². The molecule has 0 spiro atoms. The maximum atomic E-state index is 14.1. The number of ether oxygens (including phenoxy) is 5. The fourth-order valence-corrected chi connectivity index (χ4v) is 3.96. The molecular formula is C25H22FN3O7. The monoisotopic (exact) mass is 495 g/mol. The Morgan fingerprint density at radius 3 is 2.69 bits per heavy atom. The lowest BCUT2D eigenvalue weighted by atomic mass is 10.1.